The zero-order valence-corrected chi connectivity index (χ0v) is 11.7. The SMILES string of the molecule is CCc1nc2cc(N)ccc2n1C1CCS(=O)(=O)C1. The van der Waals surface area contributed by atoms with Crippen LogP contribution in [0.2, 0.25) is 0 Å². The molecule has 0 spiro atoms. The van der Waals surface area contributed by atoms with Crippen molar-refractivity contribution in [2.24, 2.45) is 0 Å². The number of aromatic nitrogens is 2. The number of nitrogens with zero attached hydrogens (tertiary/aromatic N) is 2. The molecule has 5 nitrogen and oxygen atoms in total. The van der Waals surface area contributed by atoms with Crippen LogP contribution in [0.1, 0.15) is 25.2 Å². The average Bonchev–Trinajstić information content (AvgIpc) is 2.88. The lowest BCUT2D eigenvalue weighted by molar-refractivity contribution is 0.548. The first kappa shape index (κ1) is 12.5. The fourth-order valence-corrected chi connectivity index (χ4v) is 4.50. The van der Waals surface area contributed by atoms with Crippen molar-refractivity contribution < 1.29 is 8.42 Å². The number of rotatable bonds is 2. The lowest BCUT2D eigenvalue weighted by atomic mass is 10.2. The molecule has 1 aliphatic rings. The molecule has 102 valence electrons. The average molecular weight is 279 g/mol. The number of hydrogen-bond acceptors (Lipinski definition) is 4. The van der Waals surface area contributed by atoms with Gasteiger partial charge in [-0.3, -0.25) is 0 Å². The number of aryl methyl sites for hydroxylation is 1. The van der Waals surface area contributed by atoms with E-state index < -0.39 is 9.84 Å². The zero-order valence-electron chi connectivity index (χ0n) is 10.8. The summed E-state index contributed by atoms with van der Waals surface area (Å²) >= 11 is 0. The molecule has 0 bridgehead atoms. The summed E-state index contributed by atoms with van der Waals surface area (Å²) in [6, 6.07) is 5.62. The van der Waals surface area contributed by atoms with E-state index in [0.717, 1.165) is 23.3 Å². The molecule has 2 heterocycles. The van der Waals surface area contributed by atoms with E-state index in [1.165, 1.54) is 0 Å². The topological polar surface area (TPSA) is 78.0 Å². The number of imidazole rings is 1. The molecule has 1 atom stereocenters. The van der Waals surface area contributed by atoms with Gasteiger partial charge in [-0.1, -0.05) is 6.92 Å². The number of nitrogens with two attached hydrogens (primary N) is 1. The molecule has 2 N–H and O–H groups in total. The lowest BCUT2D eigenvalue weighted by Gasteiger charge is -2.14. The third-order valence-corrected chi connectivity index (χ3v) is 5.43. The lowest BCUT2D eigenvalue weighted by Crippen LogP contribution is -2.13. The summed E-state index contributed by atoms with van der Waals surface area (Å²) in [5.41, 5.74) is 8.28. The predicted octanol–water partition coefficient (Wildman–Crippen LogP) is 1.54. The highest BCUT2D eigenvalue weighted by atomic mass is 32.2. The van der Waals surface area contributed by atoms with Crippen LogP contribution in [0.4, 0.5) is 5.69 Å². The molecule has 0 radical (unpaired) electrons. The summed E-state index contributed by atoms with van der Waals surface area (Å²) in [4.78, 5) is 4.57. The van der Waals surface area contributed by atoms with Crippen molar-refractivity contribution in [2.45, 2.75) is 25.8 Å². The number of sulfone groups is 1. The first-order valence-corrected chi connectivity index (χ1v) is 8.29. The Bertz CT molecular complexity index is 734. The van der Waals surface area contributed by atoms with Gasteiger partial charge in [-0.15, -0.1) is 0 Å². The molecule has 0 saturated carbocycles. The van der Waals surface area contributed by atoms with Crippen LogP contribution in [-0.2, 0) is 16.3 Å². The summed E-state index contributed by atoms with van der Waals surface area (Å²) in [5, 5.41) is 0. The first-order valence-electron chi connectivity index (χ1n) is 6.47. The van der Waals surface area contributed by atoms with Gasteiger partial charge in [0.2, 0.25) is 0 Å². The molecular weight excluding hydrogens is 262 g/mol. The smallest absolute Gasteiger partial charge is 0.152 e. The Balaban J connectivity index is 2.16. The van der Waals surface area contributed by atoms with Crippen molar-refractivity contribution in [3.63, 3.8) is 0 Å². The molecule has 0 aliphatic carbocycles. The molecule has 1 aromatic carbocycles. The van der Waals surface area contributed by atoms with Gasteiger partial charge in [0, 0.05) is 12.1 Å². The number of nitrogen functional groups attached to an aromatic ring is 1. The minimum absolute atomic E-state index is 0.00794. The molecule has 19 heavy (non-hydrogen) atoms. The molecule has 0 amide bonds. The highest BCUT2D eigenvalue weighted by molar-refractivity contribution is 7.91. The molecule has 1 aromatic heterocycles. The van der Waals surface area contributed by atoms with Crippen molar-refractivity contribution in [3.8, 4) is 0 Å². The van der Waals surface area contributed by atoms with E-state index in [0.29, 0.717) is 12.1 Å². The molecule has 1 fully saturated rings. The summed E-state index contributed by atoms with van der Waals surface area (Å²) in [6.07, 6.45) is 1.45. The number of hydrogen-bond donors (Lipinski definition) is 1. The van der Waals surface area contributed by atoms with E-state index in [4.69, 9.17) is 5.73 Å². The Morgan fingerprint density at radius 2 is 2.26 bits per heavy atom. The normalized spacial score (nSPS) is 22.1. The minimum atomic E-state index is -2.90. The van der Waals surface area contributed by atoms with E-state index in [9.17, 15) is 8.42 Å². The molecule has 3 rings (SSSR count). The maximum atomic E-state index is 11.7. The Morgan fingerprint density at radius 3 is 2.89 bits per heavy atom. The van der Waals surface area contributed by atoms with Gasteiger partial charge in [0.25, 0.3) is 0 Å². The van der Waals surface area contributed by atoms with Crippen LogP contribution in [0.5, 0.6) is 0 Å². The second-order valence-electron chi connectivity index (χ2n) is 5.06. The Kier molecular flexibility index (Phi) is 2.78. The van der Waals surface area contributed by atoms with Gasteiger partial charge >= 0.3 is 0 Å². The first-order chi connectivity index (χ1) is 9.00. The Morgan fingerprint density at radius 1 is 1.47 bits per heavy atom. The standard InChI is InChI=1S/C13H17N3O2S/c1-2-13-15-11-7-9(14)3-4-12(11)16(13)10-5-6-19(17,18)8-10/h3-4,7,10H,2,5-6,8,14H2,1H3. The third kappa shape index (κ3) is 2.10. The highest BCUT2D eigenvalue weighted by Crippen LogP contribution is 2.30. The summed E-state index contributed by atoms with van der Waals surface area (Å²) < 4.78 is 25.4. The van der Waals surface area contributed by atoms with Crippen LogP contribution < -0.4 is 5.73 Å². The molecular formula is C13H17N3O2S. The van der Waals surface area contributed by atoms with Crippen LogP contribution in [0.15, 0.2) is 18.2 Å². The van der Waals surface area contributed by atoms with Gasteiger partial charge in [0.1, 0.15) is 5.82 Å². The van der Waals surface area contributed by atoms with E-state index in [1.807, 2.05) is 25.1 Å². The summed E-state index contributed by atoms with van der Waals surface area (Å²) in [7, 11) is -2.90. The minimum Gasteiger partial charge on any atom is -0.399 e. The number of fused-ring (bicyclic) bond motifs is 1. The maximum Gasteiger partial charge on any atom is 0.152 e. The van der Waals surface area contributed by atoms with Crippen LogP contribution in [0.25, 0.3) is 11.0 Å². The Labute approximate surface area is 112 Å². The van der Waals surface area contributed by atoms with Gasteiger partial charge in [0.05, 0.1) is 28.6 Å². The molecule has 1 aliphatic heterocycles. The second kappa shape index (κ2) is 4.23. The molecule has 6 heteroatoms. The fourth-order valence-electron chi connectivity index (χ4n) is 2.80. The van der Waals surface area contributed by atoms with Gasteiger partial charge in [-0.2, -0.15) is 0 Å². The quantitative estimate of drug-likeness (QED) is 0.846. The summed E-state index contributed by atoms with van der Waals surface area (Å²) in [5.74, 6) is 1.42. The van der Waals surface area contributed by atoms with Crippen molar-refractivity contribution in [1.82, 2.24) is 9.55 Å². The van der Waals surface area contributed by atoms with Crippen LogP contribution in [0.3, 0.4) is 0 Å². The van der Waals surface area contributed by atoms with Gasteiger partial charge in [-0.05, 0) is 24.6 Å². The van der Waals surface area contributed by atoms with E-state index in [1.54, 1.807) is 0 Å². The second-order valence-corrected chi connectivity index (χ2v) is 7.29. The van der Waals surface area contributed by atoms with Gasteiger partial charge in [-0.25, -0.2) is 13.4 Å². The monoisotopic (exact) mass is 279 g/mol. The van der Waals surface area contributed by atoms with Crippen molar-refractivity contribution in [3.05, 3.63) is 24.0 Å². The van der Waals surface area contributed by atoms with Crippen LogP contribution in [-0.4, -0.2) is 29.5 Å². The van der Waals surface area contributed by atoms with E-state index in [-0.39, 0.29) is 17.5 Å². The molecule has 2 aromatic rings. The predicted molar refractivity (Wildman–Crippen MR) is 75.8 cm³/mol. The summed E-state index contributed by atoms with van der Waals surface area (Å²) in [6.45, 7) is 2.03. The van der Waals surface area contributed by atoms with Gasteiger partial charge < -0.3 is 10.3 Å². The Hall–Kier alpha value is -1.56. The largest absolute Gasteiger partial charge is 0.399 e. The fraction of sp³-hybridized carbons (Fsp3) is 0.462. The zero-order chi connectivity index (χ0) is 13.6. The van der Waals surface area contributed by atoms with Gasteiger partial charge in [0.15, 0.2) is 9.84 Å². The maximum absolute atomic E-state index is 11.7. The number of anilines is 1. The van der Waals surface area contributed by atoms with Crippen molar-refractivity contribution in [1.29, 1.82) is 0 Å². The van der Waals surface area contributed by atoms with E-state index in [2.05, 4.69) is 9.55 Å². The third-order valence-electron chi connectivity index (χ3n) is 3.68. The van der Waals surface area contributed by atoms with Crippen molar-refractivity contribution in [2.75, 3.05) is 17.2 Å². The van der Waals surface area contributed by atoms with Crippen molar-refractivity contribution >= 4 is 26.6 Å². The van der Waals surface area contributed by atoms with Crippen LogP contribution >= 0.6 is 0 Å². The highest BCUT2D eigenvalue weighted by Gasteiger charge is 2.31. The molecule has 1 unspecified atom stereocenters. The van der Waals surface area contributed by atoms with Crippen LogP contribution in [0, 0.1) is 0 Å². The molecule has 1 saturated heterocycles. The van der Waals surface area contributed by atoms with E-state index >= 15 is 0 Å². The number of benzene rings is 1.